The molecule has 0 aliphatic carbocycles. The Morgan fingerprint density at radius 1 is 1.15 bits per heavy atom. The first-order chi connectivity index (χ1) is 12.9. The fourth-order valence-corrected chi connectivity index (χ4v) is 3.99. The molecule has 0 radical (unpaired) electrons. The number of fused-ring (bicyclic) bond motifs is 1. The van der Waals surface area contributed by atoms with Gasteiger partial charge in [0.05, 0.1) is 6.10 Å². The van der Waals surface area contributed by atoms with Crippen LogP contribution in [0.15, 0.2) is 59.6 Å². The van der Waals surface area contributed by atoms with E-state index in [2.05, 4.69) is 71.7 Å². The van der Waals surface area contributed by atoms with Gasteiger partial charge in [-0.15, -0.1) is 24.0 Å². The lowest BCUT2D eigenvalue weighted by molar-refractivity contribution is 0.0925. The number of benzene rings is 2. The highest BCUT2D eigenvalue weighted by Gasteiger charge is 2.30. The Morgan fingerprint density at radius 2 is 1.93 bits per heavy atom. The predicted octanol–water partition coefficient (Wildman–Crippen LogP) is 4.41. The Morgan fingerprint density at radius 3 is 2.74 bits per heavy atom. The van der Waals surface area contributed by atoms with Crippen LogP contribution in [0.1, 0.15) is 30.6 Å². The molecule has 2 aromatic rings. The number of hydrogen-bond donors (Lipinski definition) is 1. The average molecular weight is 477 g/mol. The van der Waals surface area contributed by atoms with Crippen molar-refractivity contribution in [2.45, 2.75) is 25.9 Å². The first-order valence-electron chi connectivity index (χ1n) is 9.67. The van der Waals surface area contributed by atoms with E-state index in [9.17, 15) is 0 Å². The highest BCUT2D eigenvalue weighted by molar-refractivity contribution is 14.0. The number of aliphatic imine (C=N–C) groups is 1. The number of ether oxygens (including phenoxy) is 1. The lowest BCUT2D eigenvalue weighted by Crippen LogP contribution is -2.41. The summed E-state index contributed by atoms with van der Waals surface area (Å²) >= 11 is 0. The van der Waals surface area contributed by atoms with Crippen LogP contribution in [0, 0.1) is 5.92 Å². The summed E-state index contributed by atoms with van der Waals surface area (Å²) in [5.41, 5.74) is 3.96. The molecule has 2 atom stereocenters. The zero-order valence-electron chi connectivity index (χ0n) is 15.8. The van der Waals surface area contributed by atoms with Gasteiger partial charge in [0.1, 0.15) is 0 Å². The molecule has 5 heteroatoms. The van der Waals surface area contributed by atoms with Gasteiger partial charge in [-0.3, -0.25) is 4.99 Å². The molecule has 144 valence electrons. The lowest BCUT2D eigenvalue weighted by Gasteiger charge is -2.23. The number of rotatable bonds is 4. The van der Waals surface area contributed by atoms with E-state index in [0.29, 0.717) is 5.92 Å². The van der Waals surface area contributed by atoms with Gasteiger partial charge in [0.2, 0.25) is 0 Å². The van der Waals surface area contributed by atoms with Crippen LogP contribution in [0.25, 0.3) is 0 Å². The van der Waals surface area contributed by atoms with Crippen molar-refractivity contribution in [2.24, 2.45) is 10.9 Å². The van der Waals surface area contributed by atoms with Crippen molar-refractivity contribution in [3.05, 3.63) is 65.7 Å². The Hall–Kier alpha value is -1.60. The summed E-state index contributed by atoms with van der Waals surface area (Å²) in [5.74, 6) is 1.43. The van der Waals surface area contributed by atoms with Crippen LogP contribution in [-0.2, 0) is 11.2 Å². The summed E-state index contributed by atoms with van der Waals surface area (Å²) < 4.78 is 6.02. The second-order valence-electron chi connectivity index (χ2n) is 6.98. The van der Waals surface area contributed by atoms with E-state index in [1.165, 1.54) is 16.8 Å². The Labute approximate surface area is 179 Å². The number of anilines is 1. The van der Waals surface area contributed by atoms with Crippen molar-refractivity contribution in [1.82, 2.24) is 5.32 Å². The number of hydrogen-bond acceptors (Lipinski definition) is 2. The summed E-state index contributed by atoms with van der Waals surface area (Å²) in [5, 5.41) is 3.48. The van der Waals surface area contributed by atoms with Crippen molar-refractivity contribution in [1.29, 1.82) is 0 Å². The highest BCUT2D eigenvalue weighted by atomic mass is 127. The van der Waals surface area contributed by atoms with E-state index in [0.717, 1.165) is 45.0 Å². The lowest BCUT2D eigenvalue weighted by atomic mass is 9.95. The van der Waals surface area contributed by atoms with Gasteiger partial charge in [0.15, 0.2) is 5.96 Å². The number of halogens is 1. The number of nitrogens with zero attached hydrogens (tertiary/aromatic N) is 2. The molecule has 4 rings (SSSR count). The summed E-state index contributed by atoms with van der Waals surface area (Å²) in [7, 11) is 0. The second-order valence-corrected chi connectivity index (χ2v) is 6.98. The molecule has 2 aliphatic rings. The van der Waals surface area contributed by atoms with Crippen molar-refractivity contribution >= 4 is 35.6 Å². The first-order valence-corrected chi connectivity index (χ1v) is 9.67. The third kappa shape index (κ3) is 4.46. The summed E-state index contributed by atoms with van der Waals surface area (Å²) in [6.07, 6.45) is 2.31. The molecule has 4 nitrogen and oxygen atoms in total. The molecule has 0 saturated carbocycles. The molecule has 1 saturated heterocycles. The molecular formula is C22H28IN3O. The second kappa shape index (κ2) is 9.55. The van der Waals surface area contributed by atoms with Gasteiger partial charge in [-0.1, -0.05) is 48.5 Å². The standard InChI is InChI=1S/C22H27N3O.HI/c1-2-23-22(25-14-12-17-8-6-7-11-20(17)25)24-16-19-13-15-26-21(19)18-9-4-3-5-10-18;/h3-11,19,21H,2,12-16H2,1H3,(H,23,24);1H. The first kappa shape index (κ1) is 20.1. The Balaban J connectivity index is 0.00000210. The largest absolute Gasteiger partial charge is 0.373 e. The van der Waals surface area contributed by atoms with Crippen LogP contribution >= 0.6 is 24.0 Å². The van der Waals surface area contributed by atoms with Gasteiger partial charge < -0.3 is 15.0 Å². The summed E-state index contributed by atoms with van der Waals surface area (Å²) in [6.45, 7) is 5.61. The minimum Gasteiger partial charge on any atom is -0.373 e. The minimum atomic E-state index is 0. The van der Waals surface area contributed by atoms with E-state index in [1.54, 1.807) is 0 Å². The number of para-hydroxylation sites is 1. The van der Waals surface area contributed by atoms with Gasteiger partial charge in [-0.25, -0.2) is 0 Å². The van der Waals surface area contributed by atoms with Crippen LogP contribution in [0.5, 0.6) is 0 Å². The summed E-state index contributed by atoms with van der Waals surface area (Å²) in [4.78, 5) is 7.33. The normalized spacial score (nSPS) is 21.7. The molecule has 2 heterocycles. The molecule has 0 amide bonds. The fourth-order valence-electron chi connectivity index (χ4n) is 3.99. The molecule has 0 bridgehead atoms. The van der Waals surface area contributed by atoms with Gasteiger partial charge >= 0.3 is 0 Å². The van der Waals surface area contributed by atoms with Crippen LogP contribution in [0.3, 0.4) is 0 Å². The third-order valence-electron chi connectivity index (χ3n) is 5.30. The monoisotopic (exact) mass is 477 g/mol. The maximum Gasteiger partial charge on any atom is 0.198 e. The van der Waals surface area contributed by atoms with Crippen molar-refractivity contribution in [2.75, 3.05) is 31.1 Å². The maximum atomic E-state index is 6.02. The Kier molecular flexibility index (Phi) is 7.13. The molecule has 2 aliphatic heterocycles. The average Bonchev–Trinajstić information content (AvgIpc) is 3.33. The molecule has 0 aromatic heterocycles. The molecule has 2 aromatic carbocycles. The van der Waals surface area contributed by atoms with E-state index in [-0.39, 0.29) is 30.1 Å². The van der Waals surface area contributed by atoms with E-state index < -0.39 is 0 Å². The molecule has 1 N–H and O–H groups in total. The van der Waals surface area contributed by atoms with Gasteiger partial charge in [0.25, 0.3) is 0 Å². The Bertz CT molecular complexity index is 765. The zero-order chi connectivity index (χ0) is 17.8. The highest BCUT2D eigenvalue weighted by Crippen LogP contribution is 2.35. The molecule has 2 unspecified atom stereocenters. The topological polar surface area (TPSA) is 36.9 Å². The quantitative estimate of drug-likeness (QED) is 0.403. The van der Waals surface area contributed by atoms with Crippen molar-refractivity contribution in [3.8, 4) is 0 Å². The molecule has 0 spiro atoms. The molecular weight excluding hydrogens is 449 g/mol. The number of guanidine groups is 1. The van der Waals surface area contributed by atoms with Gasteiger partial charge in [-0.05, 0) is 37.0 Å². The maximum absolute atomic E-state index is 6.02. The van der Waals surface area contributed by atoms with Crippen LogP contribution in [-0.4, -0.2) is 32.2 Å². The van der Waals surface area contributed by atoms with E-state index in [1.807, 2.05) is 0 Å². The minimum absolute atomic E-state index is 0. The molecule has 1 fully saturated rings. The van der Waals surface area contributed by atoms with E-state index in [4.69, 9.17) is 9.73 Å². The predicted molar refractivity (Wildman–Crippen MR) is 122 cm³/mol. The SMILES string of the molecule is CCNC(=NCC1CCOC1c1ccccc1)N1CCc2ccccc21.I. The van der Waals surface area contributed by atoms with Crippen LogP contribution < -0.4 is 10.2 Å². The van der Waals surface area contributed by atoms with Crippen LogP contribution in [0.4, 0.5) is 5.69 Å². The fraction of sp³-hybridized carbons (Fsp3) is 0.409. The van der Waals surface area contributed by atoms with Gasteiger partial charge in [0, 0.05) is 37.8 Å². The smallest absolute Gasteiger partial charge is 0.198 e. The van der Waals surface area contributed by atoms with Crippen molar-refractivity contribution in [3.63, 3.8) is 0 Å². The van der Waals surface area contributed by atoms with Gasteiger partial charge in [-0.2, -0.15) is 0 Å². The summed E-state index contributed by atoms with van der Waals surface area (Å²) in [6, 6.07) is 19.2. The zero-order valence-corrected chi connectivity index (χ0v) is 18.1. The number of nitrogens with one attached hydrogen (secondary N) is 1. The molecule has 27 heavy (non-hydrogen) atoms. The van der Waals surface area contributed by atoms with Crippen molar-refractivity contribution < 1.29 is 4.74 Å². The van der Waals surface area contributed by atoms with Crippen LogP contribution in [0.2, 0.25) is 0 Å². The third-order valence-corrected chi connectivity index (χ3v) is 5.30. The van der Waals surface area contributed by atoms with E-state index >= 15 is 0 Å².